The highest BCUT2D eigenvalue weighted by Gasteiger charge is 2.07. The van der Waals surface area contributed by atoms with Crippen LogP contribution in [-0.4, -0.2) is 0 Å². The minimum absolute atomic E-state index is 0.998. The molecule has 0 nitrogen and oxygen atoms in total. The zero-order chi connectivity index (χ0) is 25.5. The zero-order valence-electron chi connectivity index (χ0n) is 23.4. The summed E-state index contributed by atoms with van der Waals surface area (Å²) in [6.45, 7) is 24.8. The van der Waals surface area contributed by atoms with Gasteiger partial charge in [0.1, 0.15) is 0 Å². The van der Waals surface area contributed by atoms with Gasteiger partial charge in [0, 0.05) is 0 Å². The van der Waals surface area contributed by atoms with E-state index in [2.05, 4.69) is 97.2 Å². The fourth-order valence-corrected chi connectivity index (χ4v) is 3.33. The molecule has 1 aromatic rings. The normalized spacial score (nSPS) is 13.2. The van der Waals surface area contributed by atoms with Crippen molar-refractivity contribution in [3.63, 3.8) is 0 Å². The van der Waals surface area contributed by atoms with Gasteiger partial charge in [0.2, 0.25) is 0 Å². The third-order valence-electron chi connectivity index (χ3n) is 4.93. The third-order valence-corrected chi connectivity index (χ3v) is 4.93. The molecule has 0 saturated heterocycles. The number of allylic oxidation sites excluding steroid dienone is 8. The van der Waals surface area contributed by atoms with Gasteiger partial charge in [-0.1, -0.05) is 134 Å². The zero-order valence-corrected chi connectivity index (χ0v) is 23.4. The van der Waals surface area contributed by atoms with Gasteiger partial charge in [-0.05, 0) is 68.2 Å². The van der Waals surface area contributed by atoms with Crippen LogP contribution in [0.25, 0.3) is 5.57 Å². The highest BCUT2D eigenvalue weighted by atomic mass is 14.1. The Morgan fingerprint density at radius 3 is 2.15 bits per heavy atom. The number of benzene rings is 1. The first kappa shape index (κ1) is 33.1. The Morgan fingerprint density at radius 1 is 1.00 bits per heavy atom. The second-order valence-electron chi connectivity index (χ2n) is 8.56. The van der Waals surface area contributed by atoms with Crippen molar-refractivity contribution in [2.45, 2.75) is 113 Å². The smallest absolute Gasteiger partial charge is 0.00880 e. The van der Waals surface area contributed by atoms with Gasteiger partial charge < -0.3 is 0 Å². The monoisotopic (exact) mass is 450 g/mol. The van der Waals surface area contributed by atoms with Gasteiger partial charge in [-0.15, -0.1) is 6.58 Å². The van der Waals surface area contributed by atoms with Gasteiger partial charge >= 0.3 is 0 Å². The van der Waals surface area contributed by atoms with Crippen molar-refractivity contribution < 1.29 is 0 Å². The standard InChI is InChI=1S/C20H24.C8H16.C3H8.C2H6/c1-4-6-10-17-11-8-13-19(15-17)20(5-2)18-12-7-9-16(3)14-18;1-4-5-6-7-8(2)3;1-3-2;1-2/h5,7-9,11,13-15H,2,4,6,10,12H2,1,3H3;2,4-7H2,1,3H3;3H2,1-2H3;1-2H3/b20-18-;;;. The Kier molecular flexibility index (Phi) is 23.2. The molecular formula is C33H54. The van der Waals surface area contributed by atoms with Crippen LogP contribution in [-0.2, 0) is 6.42 Å². The molecule has 0 N–H and O–H groups in total. The van der Waals surface area contributed by atoms with Gasteiger partial charge in [0.05, 0.1) is 0 Å². The summed E-state index contributed by atoms with van der Waals surface area (Å²) in [6, 6.07) is 8.91. The van der Waals surface area contributed by atoms with E-state index in [4.69, 9.17) is 0 Å². The van der Waals surface area contributed by atoms with E-state index in [0.29, 0.717) is 0 Å². The molecule has 0 aromatic heterocycles. The fraction of sp³-hybridized carbons (Fsp3) is 0.515. The highest BCUT2D eigenvalue weighted by Crippen LogP contribution is 2.27. The van der Waals surface area contributed by atoms with Crippen LogP contribution in [0, 0.1) is 0 Å². The molecule has 0 heterocycles. The van der Waals surface area contributed by atoms with Crippen LogP contribution in [0.1, 0.15) is 118 Å². The predicted octanol–water partition coefficient (Wildman–Crippen LogP) is 11.5. The van der Waals surface area contributed by atoms with Crippen molar-refractivity contribution >= 4 is 5.57 Å². The van der Waals surface area contributed by atoms with Crippen molar-refractivity contribution in [3.05, 3.63) is 89.6 Å². The summed E-state index contributed by atoms with van der Waals surface area (Å²) in [5.74, 6) is 0. The van der Waals surface area contributed by atoms with Crippen molar-refractivity contribution in [2.24, 2.45) is 0 Å². The minimum Gasteiger partial charge on any atom is -0.100 e. The first-order valence-electron chi connectivity index (χ1n) is 13.4. The summed E-state index contributed by atoms with van der Waals surface area (Å²) >= 11 is 0. The first-order chi connectivity index (χ1) is 15.9. The molecule has 1 aliphatic rings. The molecule has 0 unspecified atom stereocenters. The molecule has 0 saturated carbocycles. The van der Waals surface area contributed by atoms with Crippen LogP contribution in [0.3, 0.4) is 0 Å². The van der Waals surface area contributed by atoms with Crippen LogP contribution >= 0.6 is 0 Å². The van der Waals surface area contributed by atoms with Crippen LogP contribution < -0.4 is 0 Å². The molecule has 1 aromatic carbocycles. The lowest BCUT2D eigenvalue weighted by Crippen LogP contribution is -1.93. The number of hydrogen-bond acceptors (Lipinski definition) is 0. The summed E-state index contributed by atoms with van der Waals surface area (Å²) in [6.07, 6.45) is 19.8. The molecule has 1 aliphatic carbocycles. The second-order valence-corrected chi connectivity index (χ2v) is 8.56. The molecule has 0 atom stereocenters. The Bertz CT molecular complexity index is 724. The van der Waals surface area contributed by atoms with E-state index in [1.807, 2.05) is 19.9 Å². The van der Waals surface area contributed by atoms with E-state index in [0.717, 1.165) is 6.42 Å². The number of aryl methyl sites for hydroxylation is 1. The lowest BCUT2D eigenvalue weighted by Gasteiger charge is -2.13. The average Bonchev–Trinajstić information content (AvgIpc) is 2.81. The Labute approximate surface area is 208 Å². The molecule has 0 aliphatic heterocycles. The molecule has 0 heteroatoms. The van der Waals surface area contributed by atoms with Gasteiger partial charge in [-0.3, -0.25) is 0 Å². The molecule has 186 valence electrons. The topological polar surface area (TPSA) is 0 Å². The van der Waals surface area contributed by atoms with Gasteiger partial charge in [-0.25, -0.2) is 0 Å². The summed E-state index contributed by atoms with van der Waals surface area (Å²) in [5.41, 5.74) is 7.99. The first-order valence-corrected chi connectivity index (χ1v) is 13.4. The summed E-state index contributed by atoms with van der Waals surface area (Å²) < 4.78 is 0. The fourth-order valence-electron chi connectivity index (χ4n) is 3.33. The molecule has 0 amide bonds. The van der Waals surface area contributed by atoms with Crippen molar-refractivity contribution in [2.75, 3.05) is 0 Å². The van der Waals surface area contributed by atoms with Crippen LogP contribution in [0.15, 0.2) is 78.4 Å². The minimum atomic E-state index is 0.998. The quantitative estimate of drug-likeness (QED) is 0.259. The summed E-state index contributed by atoms with van der Waals surface area (Å²) in [5, 5.41) is 0. The Balaban J connectivity index is 0. The van der Waals surface area contributed by atoms with Gasteiger partial charge in [-0.2, -0.15) is 0 Å². The Morgan fingerprint density at radius 2 is 1.64 bits per heavy atom. The van der Waals surface area contributed by atoms with E-state index in [9.17, 15) is 0 Å². The molecular weight excluding hydrogens is 396 g/mol. The van der Waals surface area contributed by atoms with Crippen molar-refractivity contribution in [1.82, 2.24) is 0 Å². The van der Waals surface area contributed by atoms with Crippen LogP contribution in [0.5, 0.6) is 0 Å². The molecule has 2 rings (SSSR count). The van der Waals surface area contributed by atoms with Gasteiger partial charge in [0.15, 0.2) is 0 Å². The van der Waals surface area contributed by atoms with E-state index >= 15 is 0 Å². The number of hydrogen-bond donors (Lipinski definition) is 0. The van der Waals surface area contributed by atoms with Crippen molar-refractivity contribution in [3.8, 4) is 0 Å². The van der Waals surface area contributed by atoms with E-state index in [-0.39, 0.29) is 0 Å². The molecule has 0 fully saturated rings. The van der Waals surface area contributed by atoms with E-state index in [1.54, 1.807) is 0 Å². The van der Waals surface area contributed by atoms with Gasteiger partial charge in [0.25, 0.3) is 0 Å². The van der Waals surface area contributed by atoms with Crippen LogP contribution in [0.2, 0.25) is 0 Å². The third kappa shape index (κ3) is 17.1. The molecule has 0 spiro atoms. The number of unbranched alkanes of at least 4 members (excludes halogenated alkanes) is 3. The maximum absolute atomic E-state index is 4.02. The maximum Gasteiger partial charge on any atom is -0.00880 e. The summed E-state index contributed by atoms with van der Waals surface area (Å²) in [4.78, 5) is 0. The lowest BCUT2D eigenvalue weighted by molar-refractivity contribution is 0.714. The highest BCUT2D eigenvalue weighted by molar-refractivity contribution is 5.79. The Hall–Kier alpha value is -2.08. The average molecular weight is 451 g/mol. The number of rotatable bonds is 9. The summed E-state index contributed by atoms with van der Waals surface area (Å²) in [7, 11) is 0. The second kappa shape index (κ2) is 23.1. The maximum atomic E-state index is 4.02. The molecule has 0 bridgehead atoms. The van der Waals surface area contributed by atoms with Crippen molar-refractivity contribution in [1.29, 1.82) is 0 Å². The molecule has 0 radical (unpaired) electrons. The lowest BCUT2D eigenvalue weighted by atomic mass is 9.92. The predicted molar refractivity (Wildman–Crippen MR) is 156 cm³/mol. The van der Waals surface area contributed by atoms with Crippen LogP contribution in [0.4, 0.5) is 0 Å². The largest absolute Gasteiger partial charge is 0.100 e. The molecule has 33 heavy (non-hydrogen) atoms. The van der Waals surface area contributed by atoms with E-state index in [1.165, 1.54) is 84.8 Å². The SMILES string of the molecule is C=C(C)CCCCC.C=C/C(=C1/C=C(C)C=CC1)c1cccc(CCCC)c1.CC.CCC. The van der Waals surface area contributed by atoms with E-state index < -0.39 is 0 Å².